The molecule has 0 aromatic heterocycles. The molecule has 0 bridgehead atoms. The second kappa shape index (κ2) is 14.5. The summed E-state index contributed by atoms with van der Waals surface area (Å²) in [4.78, 5) is 53.9. The summed E-state index contributed by atoms with van der Waals surface area (Å²) in [6, 6.07) is 0. The summed E-state index contributed by atoms with van der Waals surface area (Å²) < 4.78 is 0. The van der Waals surface area contributed by atoms with E-state index in [0.29, 0.717) is 6.29 Å². The van der Waals surface area contributed by atoms with Gasteiger partial charge in [-0.2, -0.15) is 0 Å². The van der Waals surface area contributed by atoms with E-state index in [1.54, 1.807) is 0 Å². The first-order valence-electron chi connectivity index (χ1n) is 6.32. The number of hydrogen-bond donors (Lipinski definition) is 3. The molecule has 0 aliphatic rings. The van der Waals surface area contributed by atoms with Crippen LogP contribution in [-0.2, 0) is 24.0 Å². The highest BCUT2D eigenvalue weighted by Crippen LogP contribution is 1.98. The van der Waals surface area contributed by atoms with Crippen molar-refractivity contribution >= 4 is 40.9 Å². The first-order valence-corrected chi connectivity index (χ1v) is 7.31. The van der Waals surface area contributed by atoms with Gasteiger partial charge in [0.25, 0.3) is 0 Å². The van der Waals surface area contributed by atoms with Crippen LogP contribution in [0.15, 0.2) is 0 Å². The predicted molar refractivity (Wildman–Crippen MR) is 79.6 cm³/mol. The van der Waals surface area contributed by atoms with Crippen molar-refractivity contribution in [3.8, 4) is 0 Å². The maximum absolute atomic E-state index is 11.2. The molecule has 0 fully saturated rings. The van der Waals surface area contributed by atoms with Crippen LogP contribution in [0.4, 0.5) is 0 Å². The van der Waals surface area contributed by atoms with Crippen LogP contribution in [-0.4, -0.2) is 54.5 Å². The molecule has 9 heteroatoms. The van der Waals surface area contributed by atoms with Gasteiger partial charge < -0.3 is 20.7 Å². The molecule has 0 aromatic rings. The molecule has 120 valence electrons. The molecular weight excluding hydrogens is 298 g/mol. The fourth-order valence-corrected chi connectivity index (χ4v) is 1.29. The predicted octanol–water partition coefficient (Wildman–Crippen LogP) is -1.16. The van der Waals surface area contributed by atoms with Crippen molar-refractivity contribution in [3.63, 3.8) is 0 Å². The van der Waals surface area contributed by atoms with Crippen molar-refractivity contribution in [2.75, 3.05) is 25.4 Å². The summed E-state index contributed by atoms with van der Waals surface area (Å²) in [5.41, 5.74) is 0. The van der Waals surface area contributed by atoms with Crippen LogP contribution in [0.3, 0.4) is 0 Å². The minimum Gasteiger partial charge on any atom is -0.348 e. The van der Waals surface area contributed by atoms with Crippen LogP contribution in [0, 0.1) is 0 Å². The summed E-state index contributed by atoms with van der Waals surface area (Å²) in [6.07, 6.45) is 0.520. The van der Waals surface area contributed by atoms with Gasteiger partial charge >= 0.3 is 0 Å². The third-order valence-corrected chi connectivity index (χ3v) is 2.49. The Balaban J connectivity index is 0. The van der Waals surface area contributed by atoms with Gasteiger partial charge in [0, 0.05) is 6.92 Å². The average molecular weight is 319 g/mol. The Morgan fingerprint density at radius 1 is 0.905 bits per heavy atom. The second-order valence-corrected chi connectivity index (χ2v) is 4.46. The van der Waals surface area contributed by atoms with Crippen LogP contribution in [0.1, 0.15) is 20.8 Å². The zero-order valence-electron chi connectivity index (χ0n) is 12.4. The lowest BCUT2D eigenvalue weighted by molar-refractivity contribution is -0.127. The van der Waals surface area contributed by atoms with Gasteiger partial charge in [0.05, 0.1) is 25.4 Å². The summed E-state index contributed by atoms with van der Waals surface area (Å²) in [5, 5.41) is 6.60. The first kappa shape index (κ1) is 21.4. The van der Waals surface area contributed by atoms with E-state index >= 15 is 0 Å². The second-order valence-electron chi connectivity index (χ2n) is 3.30. The quantitative estimate of drug-likeness (QED) is 0.485. The number of nitrogens with one attached hydrogen (secondary N) is 3. The van der Waals surface area contributed by atoms with Crippen LogP contribution in [0.2, 0.25) is 0 Å². The summed E-state index contributed by atoms with van der Waals surface area (Å²) in [5.74, 6) is -1.54. The van der Waals surface area contributed by atoms with Crippen LogP contribution < -0.4 is 16.0 Å². The van der Waals surface area contributed by atoms with Gasteiger partial charge in [-0.1, -0.05) is 25.6 Å². The van der Waals surface area contributed by atoms with Crippen LogP contribution >= 0.6 is 11.8 Å². The Morgan fingerprint density at radius 2 is 1.38 bits per heavy atom. The monoisotopic (exact) mass is 319 g/mol. The molecule has 3 N–H and O–H groups in total. The minimum absolute atomic E-state index is 0.0531. The van der Waals surface area contributed by atoms with E-state index in [9.17, 15) is 24.0 Å². The molecule has 21 heavy (non-hydrogen) atoms. The molecule has 0 spiro atoms. The van der Waals surface area contributed by atoms with Crippen molar-refractivity contribution in [1.29, 1.82) is 0 Å². The molecule has 0 heterocycles. The zero-order valence-corrected chi connectivity index (χ0v) is 13.2. The number of amides is 3. The molecule has 8 nitrogen and oxygen atoms in total. The van der Waals surface area contributed by atoms with Gasteiger partial charge in [-0.05, 0) is 0 Å². The molecule has 0 atom stereocenters. The lowest BCUT2D eigenvalue weighted by Gasteiger charge is -2.06. The van der Waals surface area contributed by atoms with E-state index in [-0.39, 0.29) is 30.5 Å². The maximum Gasteiger partial charge on any atom is 0.239 e. The maximum atomic E-state index is 11.2. The fourth-order valence-electron chi connectivity index (χ4n) is 0.856. The molecule has 0 saturated heterocycles. The first-order chi connectivity index (χ1) is 9.95. The molecule has 0 aliphatic heterocycles. The average Bonchev–Trinajstić information content (AvgIpc) is 2.48. The highest BCUT2D eigenvalue weighted by Gasteiger charge is 2.08. The van der Waals surface area contributed by atoms with Crippen molar-refractivity contribution in [1.82, 2.24) is 16.0 Å². The van der Waals surface area contributed by atoms with Gasteiger partial charge in [0.15, 0.2) is 5.12 Å². The van der Waals surface area contributed by atoms with E-state index in [1.165, 1.54) is 6.92 Å². The molecule has 0 saturated carbocycles. The molecule has 0 rings (SSSR count). The molecule has 0 unspecified atom stereocenters. The Kier molecular flexibility index (Phi) is 14.8. The molecule has 3 amide bonds. The lowest BCUT2D eigenvalue weighted by Crippen LogP contribution is -2.42. The summed E-state index contributed by atoms with van der Waals surface area (Å²) in [7, 11) is 0. The molecular formula is C12H21N3O5S. The lowest BCUT2D eigenvalue weighted by atomic mass is 10.5. The number of carbonyl (C=O) groups excluding carboxylic acids is 5. The number of rotatable bonds is 8. The topological polar surface area (TPSA) is 121 Å². The SMILES string of the molecule is CC.CC(=O)SCC(=O)NCC(=O)NCC(=O)NCC=O. The third-order valence-electron chi connectivity index (χ3n) is 1.68. The van der Waals surface area contributed by atoms with E-state index < -0.39 is 17.7 Å². The van der Waals surface area contributed by atoms with Crippen molar-refractivity contribution in [2.24, 2.45) is 0 Å². The molecule has 0 aromatic carbocycles. The highest BCUT2D eigenvalue weighted by molar-refractivity contribution is 8.14. The number of thioether (sulfide) groups is 1. The van der Waals surface area contributed by atoms with Gasteiger partial charge in [-0.15, -0.1) is 0 Å². The van der Waals surface area contributed by atoms with E-state index in [0.717, 1.165) is 11.8 Å². The minimum atomic E-state index is -0.539. The van der Waals surface area contributed by atoms with Crippen LogP contribution in [0.25, 0.3) is 0 Å². The summed E-state index contributed by atoms with van der Waals surface area (Å²) >= 11 is 0.839. The van der Waals surface area contributed by atoms with Gasteiger partial charge in [0.2, 0.25) is 17.7 Å². The van der Waals surface area contributed by atoms with Crippen molar-refractivity contribution in [3.05, 3.63) is 0 Å². The highest BCUT2D eigenvalue weighted by atomic mass is 32.2. The number of hydrogen-bond acceptors (Lipinski definition) is 6. The van der Waals surface area contributed by atoms with Crippen LogP contribution in [0.5, 0.6) is 0 Å². The largest absolute Gasteiger partial charge is 0.348 e. The Bertz CT molecular complexity index is 374. The standard InChI is InChI=1S/C10H15N3O5S.C2H6/c1-7(15)19-6-10(18)13-5-9(17)12-4-8(16)11-2-3-14;1-2/h3H,2,4-6H2,1H3,(H,11,16)(H,12,17)(H,13,18);1-2H3. The smallest absolute Gasteiger partial charge is 0.239 e. The van der Waals surface area contributed by atoms with Crippen molar-refractivity contribution < 1.29 is 24.0 Å². The zero-order chi connectivity index (χ0) is 16.7. The Hall–Kier alpha value is -1.90. The summed E-state index contributed by atoms with van der Waals surface area (Å²) in [6.45, 7) is 4.67. The van der Waals surface area contributed by atoms with E-state index in [2.05, 4.69) is 16.0 Å². The van der Waals surface area contributed by atoms with Gasteiger partial charge in [0.1, 0.15) is 6.29 Å². The number of aldehydes is 1. The van der Waals surface area contributed by atoms with Gasteiger partial charge in [-0.25, -0.2) is 0 Å². The Morgan fingerprint density at radius 3 is 1.86 bits per heavy atom. The van der Waals surface area contributed by atoms with Crippen molar-refractivity contribution in [2.45, 2.75) is 20.8 Å². The normalized spacial score (nSPS) is 8.71. The Labute approximate surface area is 127 Å². The number of carbonyl (C=O) groups is 5. The molecule has 0 radical (unpaired) electrons. The van der Waals surface area contributed by atoms with E-state index in [1.807, 2.05) is 13.8 Å². The van der Waals surface area contributed by atoms with Gasteiger partial charge in [-0.3, -0.25) is 19.2 Å². The fraction of sp³-hybridized carbons (Fsp3) is 0.583. The third kappa shape index (κ3) is 16.0. The van der Waals surface area contributed by atoms with E-state index in [4.69, 9.17) is 0 Å². The molecule has 0 aliphatic carbocycles.